The van der Waals surface area contributed by atoms with Crippen molar-refractivity contribution in [2.45, 2.75) is 6.54 Å². The van der Waals surface area contributed by atoms with Gasteiger partial charge in [-0.05, 0) is 29.8 Å². The molecule has 3 aromatic rings. The number of rotatable bonds is 5. The van der Waals surface area contributed by atoms with E-state index < -0.39 is 5.82 Å². The average Bonchev–Trinajstić information content (AvgIpc) is 3.10. The summed E-state index contributed by atoms with van der Waals surface area (Å²) >= 11 is 5.97. The number of aromatic nitrogens is 2. The van der Waals surface area contributed by atoms with Crippen molar-refractivity contribution in [3.63, 3.8) is 0 Å². The van der Waals surface area contributed by atoms with Crippen molar-refractivity contribution in [2.24, 2.45) is 0 Å². The molecule has 1 heterocycles. The standard InChI is InChI=1S/C18H15ClFN3O2/c1-25-14-4-2-3-11(7-14)17-15(10-22-23-17)18(24)21-9-12-5-6-13(20)8-16(12)19/h2-8,10H,9H2,1H3,(H,21,24)(H,22,23). The Morgan fingerprint density at radius 1 is 1.32 bits per heavy atom. The molecule has 0 spiro atoms. The number of halogens is 2. The van der Waals surface area contributed by atoms with Crippen molar-refractivity contribution in [1.29, 1.82) is 0 Å². The Morgan fingerprint density at radius 3 is 2.92 bits per heavy atom. The van der Waals surface area contributed by atoms with E-state index >= 15 is 0 Å². The molecular formula is C18H15ClFN3O2. The van der Waals surface area contributed by atoms with Crippen molar-refractivity contribution in [3.05, 3.63) is 70.6 Å². The number of H-pyrrole nitrogens is 1. The van der Waals surface area contributed by atoms with Crippen molar-refractivity contribution in [1.82, 2.24) is 15.5 Å². The maximum atomic E-state index is 13.1. The molecule has 128 valence electrons. The first kappa shape index (κ1) is 17.0. The first-order chi connectivity index (χ1) is 12.1. The molecule has 1 amide bonds. The SMILES string of the molecule is COc1cccc(-c2[nH]ncc2C(=O)NCc2ccc(F)cc2Cl)c1. The maximum Gasteiger partial charge on any atom is 0.255 e. The third-order valence-corrected chi connectivity index (χ3v) is 4.05. The third kappa shape index (κ3) is 3.80. The molecule has 0 aliphatic rings. The summed E-state index contributed by atoms with van der Waals surface area (Å²) in [5.74, 6) is -0.0567. The van der Waals surface area contributed by atoms with Gasteiger partial charge >= 0.3 is 0 Å². The van der Waals surface area contributed by atoms with Gasteiger partial charge in [-0.25, -0.2) is 4.39 Å². The molecule has 0 fully saturated rings. The first-order valence-corrected chi connectivity index (χ1v) is 7.86. The van der Waals surface area contributed by atoms with Crippen LogP contribution in [0.1, 0.15) is 15.9 Å². The number of hydrogen-bond donors (Lipinski definition) is 2. The molecule has 7 heteroatoms. The van der Waals surface area contributed by atoms with Crippen molar-refractivity contribution >= 4 is 17.5 Å². The summed E-state index contributed by atoms with van der Waals surface area (Å²) in [6.07, 6.45) is 1.45. The number of amides is 1. The fourth-order valence-corrected chi connectivity index (χ4v) is 2.63. The monoisotopic (exact) mass is 359 g/mol. The lowest BCUT2D eigenvalue weighted by atomic mass is 10.1. The molecular weight excluding hydrogens is 345 g/mol. The van der Waals surface area contributed by atoms with Crippen LogP contribution in [0.5, 0.6) is 5.75 Å². The minimum absolute atomic E-state index is 0.181. The predicted octanol–water partition coefficient (Wildman–Crippen LogP) is 3.81. The molecule has 0 aliphatic carbocycles. The van der Waals surface area contributed by atoms with Crippen LogP contribution >= 0.6 is 11.6 Å². The van der Waals surface area contributed by atoms with E-state index in [9.17, 15) is 9.18 Å². The molecule has 0 unspecified atom stereocenters. The molecule has 5 nitrogen and oxygen atoms in total. The van der Waals surface area contributed by atoms with Gasteiger partial charge < -0.3 is 10.1 Å². The topological polar surface area (TPSA) is 67.0 Å². The second-order valence-electron chi connectivity index (χ2n) is 5.31. The van der Waals surface area contributed by atoms with Gasteiger partial charge in [-0.15, -0.1) is 0 Å². The summed E-state index contributed by atoms with van der Waals surface area (Å²) in [6.45, 7) is 0.181. The zero-order chi connectivity index (χ0) is 17.8. The highest BCUT2D eigenvalue weighted by molar-refractivity contribution is 6.31. The van der Waals surface area contributed by atoms with Crippen molar-refractivity contribution in [2.75, 3.05) is 7.11 Å². The predicted molar refractivity (Wildman–Crippen MR) is 93.2 cm³/mol. The molecule has 0 aliphatic heterocycles. The number of nitrogens with one attached hydrogen (secondary N) is 2. The van der Waals surface area contributed by atoms with Crippen LogP contribution in [-0.2, 0) is 6.54 Å². The van der Waals surface area contributed by atoms with Gasteiger partial charge in [0.15, 0.2) is 0 Å². The Morgan fingerprint density at radius 2 is 2.16 bits per heavy atom. The van der Waals surface area contributed by atoms with E-state index in [-0.39, 0.29) is 17.5 Å². The molecule has 0 bridgehead atoms. The minimum atomic E-state index is -0.421. The lowest BCUT2D eigenvalue weighted by molar-refractivity contribution is 0.0951. The molecule has 3 rings (SSSR count). The molecule has 0 radical (unpaired) electrons. The summed E-state index contributed by atoms with van der Waals surface area (Å²) in [5, 5.41) is 9.81. The van der Waals surface area contributed by atoms with Gasteiger partial charge in [0.05, 0.1) is 24.6 Å². The highest BCUT2D eigenvalue weighted by Gasteiger charge is 2.16. The van der Waals surface area contributed by atoms with Crippen LogP contribution < -0.4 is 10.1 Å². The number of nitrogens with zero attached hydrogens (tertiary/aromatic N) is 1. The van der Waals surface area contributed by atoms with Crippen molar-refractivity contribution < 1.29 is 13.9 Å². The molecule has 0 saturated heterocycles. The summed E-state index contributed by atoms with van der Waals surface area (Å²) in [4.78, 5) is 12.5. The van der Waals surface area contributed by atoms with E-state index in [2.05, 4.69) is 15.5 Å². The van der Waals surface area contributed by atoms with Gasteiger partial charge in [0, 0.05) is 17.1 Å². The first-order valence-electron chi connectivity index (χ1n) is 7.48. The Bertz CT molecular complexity index is 911. The van der Waals surface area contributed by atoms with E-state index in [4.69, 9.17) is 16.3 Å². The van der Waals surface area contributed by atoms with Gasteiger partial charge in [-0.2, -0.15) is 5.10 Å². The van der Waals surface area contributed by atoms with E-state index in [1.807, 2.05) is 18.2 Å². The number of carbonyl (C=O) groups excluding carboxylic acids is 1. The molecule has 2 N–H and O–H groups in total. The van der Waals surface area contributed by atoms with Gasteiger partial charge in [-0.1, -0.05) is 29.8 Å². The van der Waals surface area contributed by atoms with Gasteiger partial charge in [0.25, 0.3) is 5.91 Å². The fourth-order valence-electron chi connectivity index (χ4n) is 2.39. The number of carbonyl (C=O) groups is 1. The fraction of sp³-hybridized carbons (Fsp3) is 0.111. The third-order valence-electron chi connectivity index (χ3n) is 3.70. The Hall–Kier alpha value is -2.86. The van der Waals surface area contributed by atoms with Crippen LogP contribution in [0.3, 0.4) is 0 Å². The molecule has 1 aromatic heterocycles. The summed E-state index contributed by atoms with van der Waals surface area (Å²) in [5.41, 5.74) is 2.39. The number of ether oxygens (including phenoxy) is 1. The van der Waals surface area contributed by atoms with E-state index in [1.165, 1.54) is 24.4 Å². The molecule has 0 atom stereocenters. The lowest BCUT2D eigenvalue weighted by Crippen LogP contribution is -2.23. The number of benzene rings is 2. The van der Waals surface area contributed by atoms with Crippen LogP contribution in [0.4, 0.5) is 4.39 Å². The zero-order valence-electron chi connectivity index (χ0n) is 13.3. The van der Waals surface area contributed by atoms with E-state index in [0.29, 0.717) is 22.6 Å². The smallest absolute Gasteiger partial charge is 0.255 e. The number of hydrogen-bond acceptors (Lipinski definition) is 3. The van der Waals surface area contributed by atoms with Crippen LogP contribution in [0, 0.1) is 5.82 Å². The normalized spacial score (nSPS) is 10.5. The zero-order valence-corrected chi connectivity index (χ0v) is 14.1. The average molecular weight is 360 g/mol. The van der Waals surface area contributed by atoms with Gasteiger partial charge in [-0.3, -0.25) is 9.89 Å². The van der Waals surface area contributed by atoms with Gasteiger partial charge in [0.2, 0.25) is 0 Å². The number of methoxy groups -OCH3 is 1. The van der Waals surface area contributed by atoms with Crippen molar-refractivity contribution in [3.8, 4) is 17.0 Å². The quantitative estimate of drug-likeness (QED) is 0.728. The van der Waals surface area contributed by atoms with E-state index in [0.717, 1.165) is 5.56 Å². The lowest BCUT2D eigenvalue weighted by Gasteiger charge is -2.08. The summed E-state index contributed by atoms with van der Waals surface area (Å²) < 4.78 is 18.3. The molecule has 25 heavy (non-hydrogen) atoms. The Kier molecular flexibility index (Phi) is 5.00. The second-order valence-corrected chi connectivity index (χ2v) is 5.72. The maximum absolute atomic E-state index is 13.1. The van der Waals surface area contributed by atoms with Crippen LogP contribution in [-0.4, -0.2) is 23.2 Å². The van der Waals surface area contributed by atoms with E-state index in [1.54, 1.807) is 13.2 Å². The highest BCUT2D eigenvalue weighted by atomic mass is 35.5. The summed E-state index contributed by atoms with van der Waals surface area (Å²) in [7, 11) is 1.58. The van der Waals surface area contributed by atoms with Gasteiger partial charge in [0.1, 0.15) is 11.6 Å². The molecule has 0 saturated carbocycles. The Labute approximate surface area is 148 Å². The van der Waals surface area contributed by atoms with Crippen LogP contribution in [0.25, 0.3) is 11.3 Å². The molecule has 2 aromatic carbocycles. The number of aromatic amines is 1. The summed E-state index contributed by atoms with van der Waals surface area (Å²) in [6, 6.07) is 11.3. The Balaban J connectivity index is 1.78. The van der Waals surface area contributed by atoms with Crippen LogP contribution in [0.2, 0.25) is 5.02 Å². The second kappa shape index (κ2) is 7.36. The van der Waals surface area contributed by atoms with Crippen LogP contribution in [0.15, 0.2) is 48.7 Å². The highest BCUT2D eigenvalue weighted by Crippen LogP contribution is 2.25. The minimum Gasteiger partial charge on any atom is -0.497 e. The largest absolute Gasteiger partial charge is 0.497 e.